The lowest BCUT2D eigenvalue weighted by molar-refractivity contribution is 0.120. The molecule has 1 fully saturated rings. The molecule has 0 amide bonds. The van der Waals surface area contributed by atoms with Crippen molar-refractivity contribution < 1.29 is 13.3 Å². The Labute approximate surface area is 158 Å². The molecule has 1 aliphatic rings. The molecule has 0 aromatic heterocycles. The molecule has 4 heteroatoms. The Morgan fingerprint density at radius 3 is 1.44 bits per heavy atom. The van der Waals surface area contributed by atoms with Gasteiger partial charge in [-0.2, -0.15) is 0 Å². The van der Waals surface area contributed by atoms with Crippen LogP contribution in [0.2, 0.25) is 5.54 Å². The second-order valence-corrected chi connectivity index (χ2v) is 11.0. The first-order chi connectivity index (χ1) is 12.2. The average molecular weight is 373 g/mol. The summed E-state index contributed by atoms with van der Waals surface area (Å²) in [5.41, 5.74) is 0.546. The molecule has 0 aromatic rings. The van der Waals surface area contributed by atoms with Gasteiger partial charge in [-0.1, -0.05) is 96.8 Å². The van der Waals surface area contributed by atoms with Crippen LogP contribution in [0.1, 0.15) is 103 Å². The van der Waals surface area contributed by atoms with Crippen LogP contribution in [0, 0.1) is 5.92 Å². The summed E-state index contributed by atoms with van der Waals surface area (Å²) in [6, 6.07) is 0. The van der Waals surface area contributed by atoms with Crippen molar-refractivity contribution in [1.82, 2.24) is 0 Å². The molecular weight excluding hydrogens is 328 g/mol. The Morgan fingerprint density at radius 1 is 0.640 bits per heavy atom. The molecule has 1 rings (SSSR count). The minimum absolute atomic E-state index is 0.546. The molecule has 1 saturated carbocycles. The van der Waals surface area contributed by atoms with Crippen LogP contribution in [0.5, 0.6) is 0 Å². The molecule has 0 heterocycles. The van der Waals surface area contributed by atoms with Gasteiger partial charge < -0.3 is 13.3 Å². The van der Waals surface area contributed by atoms with E-state index >= 15 is 0 Å². The molecule has 3 nitrogen and oxygen atoms in total. The smallest absolute Gasteiger partial charge is 0.377 e. The van der Waals surface area contributed by atoms with Crippen molar-refractivity contribution in [2.45, 2.75) is 109 Å². The van der Waals surface area contributed by atoms with E-state index in [1.807, 2.05) is 0 Å². The largest absolute Gasteiger partial charge is 0.503 e. The molecule has 0 radical (unpaired) electrons. The van der Waals surface area contributed by atoms with Crippen LogP contribution in [0.4, 0.5) is 0 Å². The van der Waals surface area contributed by atoms with Crippen LogP contribution < -0.4 is 0 Å². The highest BCUT2D eigenvalue weighted by atomic mass is 28.4. The van der Waals surface area contributed by atoms with E-state index in [4.69, 9.17) is 13.3 Å². The van der Waals surface area contributed by atoms with Crippen LogP contribution in [0.25, 0.3) is 0 Å². The zero-order valence-corrected chi connectivity index (χ0v) is 18.5. The SMILES string of the molecule is CCCCCCCCCCCCCCCC1CC1[Si](OC)(OC)OC. The van der Waals surface area contributed by atoms with E-state index in [1.54, 1.807) is 21.3 Å². The summed E-state index contributed by atoms with van der Waals surface area (Å²) in [5.74, 6) is 0.777. The summed E-state index contributed by atoms with van der Waals surface area (Å²) < 4.78 is 16.8. The second-order valence-electron chi connectivity index (χ2n) is 7.85. The fraction of sp³-hybridized carbons (Fsp3) is 1.00. The lowest BCUT2D eigenvalue weighted by Gasteiger charge is -2.24. The molecule has 2 unspecified atom stereocenters. The first-order valence-corrected chi connectivity index (χ1v) is 12.7. The molecule has 1 aliphatic carbocycles. The van der Waals surface area contributed by atoms with Crippen LogP contribution in [0.3, 0.4) is 0 Å². The lowest BCUT2D eigenvalue weighted by Crippen LogP contribution is -2.44. The molecule has 0 aliphatic heterocycles. The van der Waals surface area contributed by atoms with E-state index in [2.05, 4.69) is 6.92 Å². The van der Waals surface area contributed by atoms with Gasteiger partial charge in [0.15, 0.2) is 0 Å². The standard InChI is InChI=1S/C21H44O3Si/c1-5-6-7-8-9-10-11-12-13-14-15-16-17-18-20-19-21(20)25(22-2,23-3)24-4/h20-21H,5-19H2,1-4H3. The van der Waals surface area contributed by atoms with Gasteiger partial charge in [-0.15, -0.1) is 0 Å². The molecule has 0 aromatic carbocycles. The number of hydrogen-bond acceptors (Lipinski definition) is 3. The minimum Gasteiger partial charge on any atom is -0.377 e. The monoisotopic (exact) mass is 372 g/mol. The summed E-state index contributed by atoms with van der Waals surface area (Å²) in [6.45, 7) is 2.29. The highest BCUT2D eigenvalue weighted by molar-refractivity contribution is 6.63. The molecule has 0 bridgehead atoms. The van der Waals surface area contributed by atoms with Crippen molar-refractivity contribution in [1.29, 1.82) is 0 Å². The topological polar surface area (TPSA) is 27.7 Å². The van der Waals surface area contributed by atoms with Crippen molar-refractivity contribution in [2.24, 2.45) is 5.92 Å². The normalized spacial score (nSPS) is 20.2. The van der Waals surface area contributed by atoms with E-state index in [9.17, 15) is 0 Å². The zero-order valence-electron chi connectivity index (χ0n) is 17.5. The second kappa shape index (κ2) is 14.2. The van der Waals surface area contributed by atoms with Gasteiger partial charge in [-0.25, -0.2) is 0 Å². The van der Waals surface area contributed by atoms with Gasteiger partial charge in [0.05, 0.1) is 0 Å². The fourth-order valence-electron chi connectivity index (χ4n) is 4.13. The fourth-order valence-corrected chi connectivity index (χ4v) is 6.87. The molecule has 0 N–H and O–H groups in total. The summed E-state index contributed by atoms with van der Waals surface area (Å²) in [5, 5.41) is 0. The van der Waals surface area contributed by atoms with Crippen LogP contribution in [-0.4, -0.2) is 30.1 Å². The Hall–Kier alpha value is 0.0969. The number of unbranched alkanes of at least 4 members (excludes halogenated alkanes) is 12. The van der Waals surface area contributed by atoms with E-state index in [0.29, 0.717) is 5.54 Å². The predicted octanol–water partition coefficient (Wildman–Crippen LogP) is 6.74. The van der Waals surface area contributed by atoms with Crippen molar-refractivity contribution in [2.75, 3.05) is 21.3 Å². The first kappa shape index (κ1) is 23.1. The van der Waals surface area contributed by atoms with Crippen LogP contribution in [-0.2, 0) is 13.3 Å². The maximum atomic E-state index is 5.60. The van der Waals surface area contributed by atoms with Crippen LogP contribution in [0.15, 0.2) is 0 Å². The van der Waals surface area contributed by atoms with Gasteiger partial charge in [0.1, 0.15) is 0 Å². The number of rotatable bonds is 18. The van der Waals surface area contributed by atoms with E-state index < -0.39 is 8.80 Å². The van der Waals surface area contributed by atoms with Gasteiger partial charge in [0.25, 0.3) is 0 Å². The Balaban J connectivity index is 1.86. The Kier molecular flexibility index (Phi) is 13.1. The van der Waals surface area contributed by atoms with Gasteiger partial charge in [-0.3, -0.25) is 0 Å². The Bertz CT molecular complexity index is 299. The number of hydrogen-bond donors (Lipinski definition) is 0. The average Bonchev–Trinajstić information content (AvgIpc) is 3.41. The van der Waals surface area contributed by atoms with E-state index in [0.717, 1.165) is 5.92 Å². The quantitative estimate of drug-likeness (QED) is 0.197. The van der Waals surface area contributed by atoms with Crippen LogP contribution >= 0.6 is 0 Å². The first-order valence-electron chi connectivity index (χ1n) is 10.9. The summed E-state index contributed by atoms with van der Waals surface area (Å²) >= 11 is 0. The molecule has 25 heavy (non-hydrogen) atoms. The van der Waals surface area contributed by atoms with E-state index in [-0.39, 0.29) is 0 Å². The molecule has 2 atom stereocenters. The maximum Gasteiger partial charge on any atom is 0.503 e. The lowest BCUT2D eigenvalue weighted by atomic mass is 10.0. The molecule has 0 spiro atoms. The van der Waals surface area contributed by atoms with Gasteiger partial charge in [-0.05, 0) is 12.3 Å². The van der Waals surface area contributed by atoms with Crippen molar-refractivity contribution in [3.05, 3.63) is 0 Å². The Morgan fingerprint density at radius 2 is 1.04 bits per heavy atom. The summed E-state index contributed by atoms with van der Waals surface area (Å²) in [4.78, 5) is 0. The summed E-state index contributed by atoms with van der Waals surface area (Å²) in [7, 11) is 2.86. The van der Waals surface area contributed by atoms with Gasteiger partial charge in [0, 0.05) is 26.9 Å². The molecular formula is C21H44O3Si. The predicted molar refractivity (Wildman–Crippen MR) is 109 cm³/mol. The summed E-state index contributed by atoms with van der Waals surface area (Å²) in [6.07, 6.45) is 21.1. The third-order valence-corrected chi connectivity index (χ3v) is 9.23. The minimum atomic E-state index is -2.35. The van der Waals surface area contributed by atoms with Crippen molar-refractivity contribution >= 4 is 8.80 Å². The molecule has 0 saturated heterocycles. The maximum absolute atomic E-state index is 5.60. The third-order valence-electron chi connectivity index (χ3n) is 5.91. The molecule has 150 valence electrons. The van der Waals surface area contributed by atoms with Crippen molar-refractivity contribution in [3.63, 3.8) is 0 Å². The van der Waals surface area contributed by atoms with Crippen molar-refractivity contribution in [3.8, 4) is 0 Å². The van der Waals surface area contributed by atoms with E-state index in [1.165, 1.54) is 96.3 Å². The highest BCUT2D eigenvalue weighted by Crippen LogP contribution is 2.54. The highest BCUT2D eigenvalue weighted by Gasteiger charge is 2.59. The third kappa shape index (κ3) is 9.03. The van der Waals surface area contributed by atoms with Gasteiger partial charge in [0.2, 0.25) is 0 Å². The van der Waals surface area contributed by atoms with Gasteiger partial charge >= 0.3 is 8.80 Å². The zero-order chi connectivity index (χ0) is 18.4.